The van der Waals surface area contributed by atoms with Crippen LogP contribution in [0.1, 0.15) is 51.2 Å². The van der Waals surface area contributed by atoms with Crippen LogP contribution in [-0.2, 0) is 13.2 Å². The quantitative estimate of drug-likeness (QED) is 0.344. The van der Waals surface area contributed by atoms with Crippen LogP contribution >= 0.6 is 24.0 Å². The monoisotopic (exact) mass is 419 g/mol. The molecule has 0 aromatic heterocycles. The van der Waals surface area contributed by atoms with Crippen molar-refractivity contribution >= 4 is 29.9 Å². The maximum atomic E-state index is 9.28. The Morgan fingerprint density at radius 2 is 1.82 bits per heavy atom. The zero-order valence-corrected chi connectivity index (χ0v) is 16.2. The second-order valence-corrected chi connectivity index (χ2v) is 6.00. The highest BCUT2D eigenvalue weighted by molar-refractivity contribution is 14.0. The Bertz CT molecular complexity index is 449. The van der Waals surface area contributed by atoms with Gasteiger partial charge in [-0.25, -0.2) is 4.99 Å². The Labute approximate surface area is 151 Å². The standard InChI is InChI=1S/C17H29N3O.HI/c1-13(2)7-6-8-14(3)20-17(18)19-11-15-9-4-5-10-16(15)12-21;/h4-5,9-10,13-14,21H,6-8,11-12H2,1-3H3,(H3,18,19,20);1H. The fourth-order valence-electron chi connectivity index (χ4n) is 2.24. The summed E-state index contributed by atoms with van der Waals surface area (Å²) in [5.41, 5.74) is 7.84. The van der Waals surface area contributed by atoms with Crippen molar-refractivity contribution in [3.8, 4) is 0 Å². The minimum absolute atomic E-state index is 0. The summed E-state index contributed by atoms with van der Waals surface area (Å²) in [5, 5.41) is 12.5. The first-order valence-electron chi connectivity index (χ1n) is 7.77. The minimum atomic E-state index is 0. The molecule has 4 nitrogen and oxygen atoms in total. The number of nitrogens with two attached hydrogens (primary N) is 1. The molecule has 5 heteroatoms. The second kappa shape index (κ2) is 11.7. The number of benzene rings is 1. The van der Waals surface area contributed by atoms with Crippen molar-refractivity contribution in [2.75, 3.05) is 0 Å². The maximum Gasteiger partial charge on any atom is 0.189 e. The molecule has 4 N–H and O–H groups in total. The zero-order valence-electron chi connectivity index (χ0n) is 13.9. The summed E-state index contributed by atoms with van der Waals surface area (Å²) in [6, 6.07) is 8.07. The van der Waals surface area contributed by atoms with Gasteiger partial charge in [-0.1, -0.05) is 51.0 Å². The van der Waals surface area contributed by atoms with E-state index in [0.29, 0.717) is 18.5 Å². The van der Waals surface area contributed by atoms with Gasteiger partial charge in [0.15, 0.2) is 5.96 Å². The molecule has 0 aliphatic carbocycles. The van der Waals surface area contributed by atoms with Crippen molar-refractivity contribution in [1.29, 1.82) is 0 Å². The summed E-state index contributed by atoms with van der Waals surface area (Å²) >= 11 is 0. The molecule has 0 heterocycles. The van der Waals surface area contributed by atoms with Crippen molar-refractivity contribution in [2.24, 2.45) is 16.6 Å². The number of halogens is 1. The Hall–Kier alpha value is -0.820. The van der Waals surface area contributed by atoms with E-state index in [0.717, 1.165) is 23.5 Å². The average Bonchev–Trinajstić information content (AvgIpc) is 2.45. The lowest BCUT2D eigenvalue weighted by molar-refractivity contribution is 0.280. The van der Waals surface area contributed by atoms with E-state index in [4.69, 9.17) is 5.73 Å². The van der Waals surface area contributed by atoms with Crippen molar-refractivity contribution in [1.82, 2.24) is 5.32 Å². The van der Waals surface area contributed by atoms with E-state index in [1.54, 1.807) is 0 Å². The number of aliphatic imine (C=N–C) groups is 1. The number of aliphatic hydroxyl groups is 1. The van der Waals surface area contributed by atoms with E-state index in [9.17, 15) is 5.11 Å². The third-order valence-corrected chi connectivity index (χ3v) is 3.52. The summed E-state index contributed by atoms with van der Waals surface area (Å²) in [6.45, 7) is 7.14. The van der Waals surface area contributed by atoms with Crippen LogP contribution in [0.25, 0.3) is 0 Å². The Balaban J connectivity index is 0.00000441. The van der Waals surface area contributed by atoms with E-state index < -0.39 is 0 Å². The summed E-state index contributed by atoms with van der Waals surface area (Å²) in [4.78, 5) is 4.36. The molecule has 1 atom stereocenters. The minimum Gasteiger partial charge on any atom is -0.392 e. The molecule has 0 amide bonds. The summed E-state index contributed by atoms with van der Waals surface area (Å²) in [7, 11) is 0. The molecule has 0 radical (unpaired) electrons. The number of aliphatic hydroxyl groups excluding tert-OH is 1. The molecule has 0 bridgehead atoms. The predicted molar refractivity (Wildman–Crippen MR) is 104 cm³/mol. The Morgan fingerprint density at radius 1 is 1.18 bits per heavy atom. The summed E-state index contributed by atoms with van der Waals surface area (Å²) in [5.74, 6) is 1.22. The predicted octanol–water partition coefficient (Wildman–Crippen LogP) is 3.42. The lowest BCUT2D eigenvalue weighted by atomic mass is 10.0. The highest BCUT2D eigenvalue weighted by Gasteiger charge is 2.04. The molecule has 1 aromatic carbocycles. The number of hydrogen-bond donors (Lipinski definition) is 3. The number of guanidine groups is 1. The first-order chi connectivity index (χ1) is 10.0. The SMILES string of the molecule is CC(C)CCCC(C)NC(N)=NCc1ccccc1CO.I. The molecular formula is C17H30IN3O. The van der Waals surface area contributed by atoms with Crippen molar-refractivity contribution in [3.05, 3.63) is 35.4 Å². The van der Waals surface area contributed by atoms with Crippen LogP contribution in [0.3, 0.4) is 0 Å². The Morgan fingerprint density at radius 3 is 2.41 bits per heavy atom. The third kappa shape index (κ3) is 8.58. The maximum absolute atomic E-state index is 9.28. The normalized spacial score (nSPS) is 12.9. The van der Waals surface area contributed by atoms with E-state index >= 15 is 0 Å². The highest BCUT2D eigenvalue weighted by atomic mass is 127. The van der Waals surface area contributed by atoms with Crippen LogP contribution < -0.4 is 11.1 Å². The van der Waals surface area contributed by atoms with Crippen LogP contribution in [0.4, 0.5) is 0 Å². The molecule has 0 saturated heterocycles. The lowest BCUT2D eigenvalue weighted by Crippen LogP contribution is -2.38. The van der Waals surface area contributed by atoms with Crippen LogP contribution in [-0.4, -0.2) is 17.1 Å². The molecule has 0 aliphatic heterocycles. The Kier molecular flexibility index (Phi) is 11.3. The van der Waals surface area contributed by atoms with Gasteiger partial charge < -0.3 is 16.2 Å². The van der Waals surface area contributed by atoms with Crippen LogP contribution in [0, 0.1) is 5.92 Å². The second-order valence-electron chi connectivity index (χ2n) is 6.00. The average molecular weight is 419 g/mol. The number of rotatable bonds is 8. The van der Waals surface area contributed by atoms with Gasteiger partial charge in [-0.2, -0.15) is 0 Å². The van der Waals surface area contributed by atoms with Gasteiger partial charge in [0.25, 0.3) is 0 Å². The molecule has 0 saturated carbocycles. The number of hydrogen-bond acceptors (Lipinski definition) is 2. The van der Waals surface area contributed by atoms with Crippen LogP contribution in [0.15, 0.2) is 29.3 Å². The molecule has 1 unspecified atom stereocenters. The molecule has 0 spiro atoms. The smallest absolute Gasteiger partial charge is 0.189 e. The molecule has 1 aromatic rings. The summed E-state index contributed by atoms with van der Waals surface area (Å²) < 4.78 is 0. The van der Waals surface area contributed by atoms with Gasteiger partial charge in [0.2, 0.25) is 0 Å². The van der Waals surface area contributed by atoms with Crippen molar-refractivity contribution < 1.29 is 5.11 Å². The number of nitrogens with zero attached hydrogens (tertiary/aromatic N) is 1. The summed E-state index contributed by atoms with van der Waals surface area (Å²) in [6.07, 6.45) is 3.54. The molecule has 1 rings (SSSR count). The number of nitrogens with one attached hydrogen (secondary N) is 1. The van der Waals surface area contributed by atoms with Gasteiger partial charge in [-0.05, 0) is 30.4 Å². The van der Waals surface area contributed by atoms with Gasteiger partial charge in [0, 0.05) is 6.04 Å². The fourth-order valence-corrected chi connectivity index (χ4v) is 2.24. The van der Waals surface area contributed by atoms with Gasteiger partial charge in [-0.15, -0.1) is 24.0 Å². The van der Waals surface area contributed by atoms with Crippen LogP contribution in [0.2, 0.25) is 0 Å². The van der Waals surface area contributed by atoms with Gasteiger partial charge >= 0.3 is 0 Å². The molecule has 0 fully saturated rings. The lowest BCUT2D eigenvalue weighted by Gasteiger charge is -2.15. The first kappa shape index (κ1) is 21.2. The molecular weight excluding hydrogens is 389 g/mol. The molecule has 126 valence electrons. The zero-order chi connectivity index (χ0) is 15.7. The van der Waals surface area contributed by atoms with Crippen LogP contribution in [0.5, 0.6) is 0 Å². The van der Waals surface area contributed by atoms with Crippen molar-refractivity contribution in [2.45, 2.75) is 59.2 Å². The third-order valence-electron chi connectivity index (χ3n) is 3.52. The molecule has 22 heavy (non-hydrogen) atoms. The van der Waals surface area contributed by atoms with E-state index in [1.807, 2.05) is 24.3 Å². The topological polar surface area (TPSA) is 70.6 Å². The van der Waals surface area contributed by atoms with Gasteiger partial charge in [0.05, 0.1) is 13.2 Å². The van der Waals surface area contributed by atoms with Gasteiger partial charge in [0.1, 0.15) is 0 Å². The van der Waals surface area contributed by atoms with E-state index in [1.165, 1.54) is 12.8 Å². The highest BCUT2D eigenvalue weighted by Crippen LogP contribution is 2.10. The first-order valence-corrected chi connectivity index (χ1v) is 7.77. The fraction of sp³-hybridized carbons (Fsp3) is 0.588. The van der Waals surface area contributed by atoms with Crippen molar-refractivity contribution in [3.63, 3.8) is 0 Å². The van der Waals surface area contributed by atoms with E-state index in [2.05, 4.69) is 31.1 Å². The van der Waals surface area contributed by atoms with E-state index in [-0.39, 0.29) is 30.6 Å². The largest absolute Gasteiger partial charge is 0.392 e. The van der Waals surface area contributed by atoms with Gasteiger partial charge in [-0.3, -0.25) is 0 Å². The molecule has 0 aliphatic rings.